The van der Waals surface area contributed by atoms with Gasteiger partial charge in [-0.05, 0) is 18.8 Å². The summed E-state index contributed by atoms with van der Waals surface area (Å²) in [7, 11) is 0. The van der Waals surface area contributed by atoms with Crippen LogP contribution >= 0.6 is 24.8 Å². The van der Waals surface area contributed by atoms with Crippen molar-refractivity contribution in [2.24, 2.45) is 17.4 Å². The molecule has 1 aliphatic rings. The predicted octanol–water partition coefficient (Wildman–Crippen LogP) is -0.113. The maximum Gasteiger partial charge on any atom is 0.0460 e. The summed E-state index contributed by atoms with van der Waals surface area (Å²) < 4.78 is 0. The fourth-order valence-electron chi connectivity index (χ4n) is 1.36. The number of halogens is 2. The molecule has 5 N–H and O–H groups in total. The first-order valence-electron chi connectivity index (χ1n) is 3.36. The molecule has 0 aromatic heterocycles. The summed E-state index contributed by atoms with van der Waals surface area (Å²) >= 11 is 0. The Morgan fingerprint density at radius 1 is 1.09 bits per heavy atom. The Hall–Kier alpha value is 0.460. The van der Waals surface area contributed by atoms with Crippen molar-refractivity contribution < 1.29 is 5.11 Å². The van der Waals surface area contributed by atoms with Crippen LogP contribution in [0.3, 0.4) is 0 Å². The molecular weight excluding hydrogens is 187 g/mol. The second kappa shape index (κ2) is 6.03. The standard InChI is InChI=1S/C6H14N2O.2ClH/c7-5-1-4(3-9)2-6(5)8;;/h4-6,9H,1-3,7-8H2;2*1H/t4?,5-,6+;;. The summed E-state index contributed by atoms with van der Waals surface area (Å²) in [5, 5.41) is 8.69. The second-order valence-corrected chi connectivity index (χ2v) is 2.85. The van der Waals surface area contributed by atoms with Crippen LogP contribution in [0.5, 0.6) is 0 Å². The van der Waals surface area contributed by atoms with Crippen molar-refractivity contribution >= 4 is 24.8 Å². The molecule has 0 aliphatic heterocycles. The molecule has 0 aromatic rings. The van der Waals surface area contributed by atoms with Gasteiger partial charge in [0.1, 0.15) is 0 Å². The van der Waals surface area contributed by atoms with Gasteiger partial charge in [0.25, 0.3) is 0 Å². The van der Waals surface area contributed by atoms with Gasteiger partial charge in [-0.2, -0.15) is 0 Å². The minimum atomic E-state index is 0. The van der Waals surface area contributed by atoms with Gasteiger partial charge in [-0.25, -0.2) is 0 Å². The van der Waals surface area contributed by atoms with Gasteiger partial charge in [0.2, 0.25) is 0 Å². The monoisotopic (exact) mass is 202 g/mol. The van der Waals surface area contributed by atoms with E-state index < -0.39 is 0 Å². The van der Waals surface area contributed by atoms with Crippen LogP contribution in [-0.2, 0) is 0 Å². The Kier molecular flexibility index (Phi) is 7.68. The third-order valence-corrected chi connectivity index (χ3v) is 2.02. The molecule has 11 heavy (non-hydrogen) atoms. The van der Waals surface area contributed by atoms with Crippen LogP contribution in [0.4, 0.5) is 0 Å². The molecule has 3 atom stereocenters. The highest BCUT2D eigenvalue weighted by Crippen LogP contribution is 2.22. The van der Waals surface area contributed by atoms with Gasteiger partial charge in [-0.15, -0.1) is 24.8 Å². The van der Waals surface area contributed by atoms with Crippen LogP contribution in [0, 0.1) is 5.92 Å². The molecule has 1 unspecified atom stereocenters. The number of nitrogens with two attached hydrogens (primary N) is 2. The lowest BCUT2D eigenvalue weighted by Gasteiger charge is -2.05. The van der Waals surface area contributed by atoms with E-state index in [4.69, 9.17) is 16.6 Å². The van der Waals surface area contributed by atoms with Gasteiger partial charge < -0.3 is 16.6 Å². The largest absolute Gasteiger partial charge is 0.396 e. The van der Waals surface area contributed by atoms with E-state index in [1.54, 1.807) is 0 Å². The van der Waals surface area contributed by atoms with Gasteiger partial charge in [0.05, 0.1) is 0 Å². The molecular formula is C6H16Cl2N2O. The average Bonchev–Trinajstić information content (AvgIpc) is 2.13. The van der Waals surface area contributed by atoms with Gasteiger partial charge >= 0.3 is 0 Å². The Labute approximate surface area is 79.3 Å². The predicted molar refractivity (Wildman–Crippen MR) is 50.3 cm³/mol. The van der Waals surface area contributed by atoms with Crippen molar-refractivity contribution in [3.05, 3.63) is 0 Å². The maximum atomic E-state index is 8.69. The molecule has 0 bridgehead atoms. The lowest BCUT2D eigenvalue weighted by atomic mass is 10.1. The van der Waals surface area contributed by atoms with E-state index in [1.807, 2.05) is 0 Å². The Balaban J connectivity index is 0. The first-order chi connectivity index (χ1) is 4.24. The van der Waals surface area contributed by atoms with Crippen LogP contribution in [0.2, 0.25) is 0 Å². The Morgan fingerprint density at radius 3 is 1.64 bits per heavy atom. The minimum Gasteiger partial charge on any atom is -0.396 e. The molecule has 3 nitrogen and oxygen atoms in total. The van der Waals surface area contributed by atoms with Crippen LogP contribution in [-0.4, -0.2) is 23.8 Å². The first kappa shape index (κ1) is 14.0. The summed E-state index contributed by atoms with van der Waals surface area (Å²) in [6.07, 6.45) is 1.77. The molecule has 0 amide bonds. The summed E-state index contributed by atoms with van der Waals surface area (Å²) in [5.41, 5.74) is 11.2. The highest BCUT2D eigenvalue weighted by atomic mass is 35.5. The molecule has 0 aromatic carbocycles. The Morgan fingerprint density at radius 2 is 1.45 bits per heavy atom. The molecule has 1 aliphatic carbocycles. The molecule has 0 heterocycles. The number of hydrogen-bond acceptors (Lipinski definition) is 3. The molecule has 0 spiro atoms. The topological polar surface area (TPSA) is 72.3 Å². The number of aliphatic hydroxyl groups is 1. The zero-order chi connectivity index (χ0) is 6.85. The minimum absolute atomic E-state index is 0. The maximum absolute atomic E-state index is 8.69. The SMILES string of the molecule is Cl.Cl.N[C@@H]1CC(CO)C[C@@H]1N. The van der Waals surface area contributed by atoms with E-state index in [1.165, 1.54) is 0 Å². The number of hydrogen-bond donors (Lipinski definition) is 3. The van der Waals surface area contributed by atoms with E-state index in [0.717, 1.165) is 12.8 Å². The number of rotatable bonds is 1. The van der Waals surface area contributed by atoms with Gasteiger partial charge in [-0.3, -0.25) is 0 Å². The van der Waals surface area contributed by atoms with Crippen LogP contribution in [0.15, 0.2) is 0 Å². The van der Waals surface area contributed by atoms with Gasteiger partial charge in [0, 0.05) is 18.7 Å². The van der Waals surface area contributed by atoms with E-state index >= 15 is 0 Å². The van der Waals surface area contributed by atoms with E-state index in [9.17, 15) is 0 Å². The first-order valence-corrected chi connectivity index (χ1v) is 3.36. The molecule has 0 saturated heterocycles. The van der Waals surface area contributed by atoms with Crippen molar-refractivity contribution in [2.75, 3.05) is 6.61 Å². The molecule has 1 fully saturated rings. The zero-order valence-electron chi connectivity index (χ0n) is 6.27. The number of aliphatic hydroxyl groups excluding tert-OH is 1. The molecule has 0 radical (unpaired) electrons. The fourth-order valence-corrected chi connectivity index (χ4v) is 1.36. The molecule has 1 saturated carbocycles. The normalized spacial score (nSPS) is 35.7. The van der Waals surface area contributed by atoms with Crippen molar-refractivity contribution in [3.63, 3.8) is 0 Å². The zero-order valence-corrected chi connectivity index (χ0v) is 7.90. The molecule has 5 heteroatoms. The van der Waals surface area contributed by atoms with E-state index in [-0.39, 0.29) is 43.5 Å². The highest BCUT2D eigenvalue weighted by Gasteiger charge is 2.27. The molecule has 1 rings (SSSR count). The van der Waals surface area contributed by atoms with Crippen LogP contribution in [0.1, 0.15) is 12.8 Å². The van der Waals surface area contributed by atoms with Gasteiger partial charge in [0.15, 0.2) is 0 Å². The smallest absolute Gasteiger partial charge is 0.0460 e. The van der Waals surface area contributed by atoms with Crippen molar-refractivity contribution in [2.45, 2.75) is 24.9 Å². The third kappa shape index (κ3) is 3.58. The van der Waals surface area contributed by atoms with Crippen molar-refractivity contribution in [1.29, 1.82) is 0 Å². The summed E-state index contributed by atoms with van der Waals surface area (Å²) in [6.45, 7) is 0.238. The van der Waals surface area contributed by atoms with Crippen molar-refractivity contribution in [1.82, 2.24) is 0 Å². The second-order valence-electron chi connectivity index (χ2n) is 2.85. The summed E-state index contributed by atoms with van der Waals surface area (Å²) in [4.78, 5) is 0. The van der Waals surface area contributed by atoms with Crippen LogP contribution in [0.25, 0.3) is 0 Å². The summed E-state index contributed by atoms with van der Waals surface area (Å²) in [5.74, 6) is 0.356. The van der Waals surface area contributed by atoms with E-state index in [2.05, 4.69) is 0 Å². The average molecular weight is 203 g/mol. The fraction of sp³-hybridized carbons (Fsp3) is 1.00. The summed E-state index contributed by atoms with van der Waals surface area (Å²) in [6, 6.07) is 0.226. The highest BCUT2D eigenvalue weighted by molar-refractivity contribution is 5.85. The Bertz CT molecular complexity index is 94.6. The quantitative estimate of drug-likeness (QED) is 0.556. The molecule has 70 valence electrons. The third-order valence-electron chi connectivity index (χ3n) is 2.02. The van der Waals surface area contributed by atoms with Crippen LogP contribution < -0.4 is 11.5 Å². The lowest BCUT2D eigenvalue weighted by Crippen LogP contribution is -2.35. The van der Waals surface area contributed by atoms with Crippen molar-refractivity contribution in [3.8, 4) is 0 Å². The van der Waals surface area contributed by atoms with Gasteiger partial charge in [-0.1, -0.05) is 0 Å². The lowest BCUT2D eigenvalue weighted by molar-refractivity contribution is 0.228. The van der Waals surface area contributed by atoms with E-state index in [0.29, 0.717) is 5.92 Å².